The summed E-state index contributed by atoms with van der Waals surface area (Å²) in [5, 5.41) is 23.3. The van der Waals surface area contributed by atoms with E-state index in [1.807, 2.05) is 13.0 Å². The van der Waals surface area contributed by atoms with Gasteiger partial charge in [-0.2, -0.15) is 0 Å². The number of aryl methyl sites for hydroxylation is 1. The van der Waals surface area contributed by atoms with Gasteiger partial charge in [-0.3, -0.25) is 0 Å². The molecule has 0 aliphatic carbocycles. The van der Waals surface area contributed by atoms with Crippen LogP contribution in [0.1, 0.15) is 29.4 Å². The molecule has 0 spiro atoms. The van der Waals surface area contributed by atoms with Crippen molar-refractivity contribution in [1.82, 2.24) is 5.16 Å². The lowest BCUT2D eigenvalue weighted by Gasteiger charge is -2.33. The standard InChI is InChI=1S/C14H16N2O3/c1-9-10(7-15-19-9)8-16-5-4-14(18)12-6-11(17)2-3-13(12)16/h2-3,6-7,14,17-18H,4-5,8H2,1H3. The molecule has 1 aliphatic heterocycles. The first-order valence-corrected chi connectivity index (χ1v) is 6.31. The second kappa shape index (κ2) is 4.59. The number of aliphatic hydroxyl groups is 1. The molecule has 0 radical (unpaired) electrons. The number of aromatic nitrogens is 1. The van der Waals surface area contributed by atoms with Crippen LogP contribution in [0.2, 0.25) is 0 Å². The lowest BCUT2D eigenvalue weighted by atomic mass is 9.98. The largest absolute Gasteiger partial charge is 0.508 e. The van der Waals surface area contributed by atoms with Gasteiger partial charge in [0, 0.05) is 29.9 Å². The SMILES string of the molecule is Cc1oncc1CN1CCC(O)c2cc(O)ccc21. The van der Waals surface area contributed by atoms with Crippen LogP contribution < -0.4 is 4.90 Å². The average Bonchev–Trinajstić information content (AvgIpc) is 2.79. The van der Waals surface area contributed by atoms with E-state index in [2.05, 4.69) is 10.1 Å². The molecule has 0 bridgehead atoms. The molecule has 5 heteroatoms. The van der Waals surface area contributed by atoms with E-state index in [1.54, 1.807) is 18.3 Å². The molecule has 5 nitrogen and oxygen atoms in total. The molecule has 2 aromatic rings. The topological polar surface area (TPSA) is 69.7 Å². The summed E-state index contributed by atoms with van der Waals surface area (Å²) in [4.78, 5) is 2.17. The monoisotopic (exact) mass is 260 g/mol. The maximum absolute atomic E-state index is 10.0. The van der Waals surface area contributed by atoms with Gasteiger partial charge < -0.3 is 19.6 Å². The number of hydrogen-bond acceptors (Lipinski definition) is 5. The molecule has 1 atom stereocenters. The molecule has 0 amide bonds. The number of hydrogen-bond donors (Lipinski definition) is 2. The summed E-state index contributed by atoms with van der Waals surface area (Å²) < 4.78 is 5.07. The van der Waals surface area contributed by atoms with Gasteiger partial charge >= 0.3 is 0 Å². The number of phenolic OH excluding ortho intramolecular Hbond substituents is 1. The zero-order chi connectivity index (χ0) is 13.4. The van der Waals surface area contributed by atoms with E-state index in [-0.39, 0.29) is 5.75 Å². The van der Waals surface area contributed by atoms with Gasteiger partial charge in [0.15, 0.2) is 0 Å². The number of anilines is 1. The van der Waals surface area contributed by atoms with Gasteiger partial charge in [0.05, 0.1) is 12.3 Å². The predicted octanol–water partition coefficient (Wildman–Crippen LogP) is 2.13. The summed E-state index contributed by atoms with van der Waals surface area (Å²) >= 11 is 0. The van der Waals surface area contributed by atoms with Crippen molar-refractivity contribution in [2.24, 2.45) is 0 Å². The number of phenols is 1. The van der Waals surface area contributed by atoms with Crippen molar-refractivity contribution >= 4 is 5.69 Å². The Kier molecular flexibility index (Phi) is 2.91. The van der Waals surface area contributed by atoms with Crippen molar-refractivity contribution in [2.75, 3.05) is 11.4 Å². The van der Waals surface area contributed by atoms with E-state index >= 15 is 0 Å². The summed E-state index contributed by atoms with van der Waals surface area (Å²) in [6.45, 7) is 3.35. The highest BCUT2D eigenvalue weighted by atomic mass is 16.5. The maximum atomic E-state index is 10.0. The number of benzene rings is 1. The Balaban J connectivity index is 1.93. The number of fused-ring (bicyclic) bond motifs is 1. The minimum atomic E-state index is -0.512. The van der Waals surface area contributed by atoms with Gasteiger partial charge in [-0.05, 0) is 31.5 Å². The lowest BCUT2D eigenvalue weighted by molar-refractivity contribution is 0.163. The highest BCUT2D eigenvalue weighted by Gasteiger charge is 2.24. The van der Waals surface area contributed by atoms with Gasteiger partial charge in [-0.25, -0.2) is 0 Å². The molecule has 0 saturated heterocycles. The van der Waals surface area contributed by atoms with Crippen LogP contribution in [0.4, 0.5) is 5.69 Å². The molecule has 2 heterocycles. The zero-order valence-corrected chi connectivity index (χ0v) is 10.7. The smallest absolute Gasteiger partial charge is 0.138 e. The highest BCUT2D eigenvalue weighted by molar-refractivity contribution is 5.59. The Bertz CT molecular complexity index is 594. The van der Waals surface area contributed by atoms with Crippen LogP contribution >= 0.6 is 0 Å². The third kappa shape index (κ3) is 2.17. The molecule has 0 saturated carbocycles. The van der Waals surface area contributed by atoms with Crippen molar-refractivity contribution in [3.63, 3.8) is 0 Å². The fourth-order valence-corrected chi connectivity index (χ4v) is 2.49. The number of nitrogens with zero attached hydrogens (tertiary/aromatic N) is 2. The van der Waals surface area contributed by atoms with Gasteiger partial charge in [-0.15, -0.1) is 0 Å². The molecule has 1 unspecified atom stereocenters. The van der Waals surface area contributed by atoms with Crippen LogP contribution in [-0.2, 0) is 6.54 Å². The molecule has 1 aromatic carbocycles. The molecule has 0 fully saturated rings. The summed E-state index contributed by atoms with van der Waals surface area (Å²) in [7, 11) is 0. The number of aliphatic hydroxyl groups excluding tert-OH is 1. The first-order chi connectivity index (χ1) is 9.15. The van der Waals surface area contributed by atoms with Gasteiger partial charge in [-0.1, -0.05) is 5.16 Å². The Labute approximate surface area is 111 Å². The fraction of sp³-hybridized carbons (Fsp3) is 0.357. The summed E-state index contributed by atoms with van der Waals surface area (Å²) in [6, 6.07) is 5.12. The average molecular weight is 260 g/mol. The van der Waals surface area contributed by atoms with Crippen LogP contribution in [0.3, 0.4) is 0 Å². The quantitative estimate of drug-likeness (QED) is 0.865. The fourth-order valence-electron chi connectivity index (χ4n) is 2.49. The number of aromatic hydroxyl groups is 1. The Hall–Kier alpha value is -2.01. The third-order valence-electron chi connectivity index (χ3n) is 3.59. The van der Waals surface area contributed by atoms with Gasteiger partial charge in [0.25, 0.3) is 0 Å². The molecular formula is C14H16N2O3. The molecule has 1 aromatic heterocycles. The molecule has 1 aliphatic rings. The van der Waals surface area contributed by atoms with Crippen LogP contribution in [0, 0.1) is 6.92 Å². The van der Waals surface area contributed by atoms with Crippen molar-refractivity contribution in [3.05, 3.63) is 41.3 Å². The second-order valence-electron chi connectivity index (χ2n) is 4.88. The van der Waals surface area contributed by atoms with E-state index in [1.165, 1.54) is 0 Å². The van der Waals surface area contributed by atoms with Crippen LogP contribution in [0.15, 0.2) is 28.9 Å². The van der Waals surface area contributed by atoms with Gasteiger partial charge in [0.2, 0.25) is 0 Å². The minimum Gasteiger partial charge on any atom is -0.508 e. The zero-order valence-electron chi connectivity index (χ0n) is 10.7. The number of rotatable bonds is 2. The maximum Gasteiger partial charge on any atom is 0.138 e. The first kappa shape index (κ1) is 12.0. The Morgan fingerprint density at radius 1 is 1.47 bits per heavy atom. The highest BCUT2D eigenvalue weighted by Crippen LogP contribution is 2.36. The van der Waals surface area contributed by atoms with E-state index in [9.17, 15) is 10.2 Å². The molecule has 3 rings (SSSR count). The minimum absolute atomic E-state index is 0.181. The van der Waals surface area contributed by atoms with E-state index in [0.29, 0.717) is 13.0 Å². The van der Waals surface area contributed by atoms with Gasteiger partial charge in [0.1, 0.15) is 11.5 Å². The summed E-state index contributed by atoms with van der Waals surface area (Å²) in [5.74, 6) is 0.993. The molecule has 19 heavy (non-hydrogen) atoms. The molecule has 2 N–H and O–H groups in total. The van der Waals surface area contributed by atoms with E-state index in [0.717, 1.165) is 29.1 Å². The molecule has 100 valence electrons. The van der Waals surface area contributed by atoms with Crippen molar-refractivity contribution < 1.29 is 14.7 Å². The van der Waals surface area contributed by atoms with Crippen molar-refractivity contribution in [1.29, 1.82) is 0 Å². The second-order valence-corrected chi connectivity index (χ2v) is 4.88. The summed E-state index contributed by atoms with van der Waals surface area (Å²) in [5.41, 5.74) is 2.77. The third-order valence-corrected chi connectivity index (χ3v) is 3.59. The van der Waals surface area contributed by atoms with Crippen molar-refractivity contribution in [3.8, 4) is 5.75 Å². The van der Waals surface area contributed by atoms with Crippen LogP contribution in [0.25, 0.3) is 0 Å². The summed E-state index contributed by atoms with van der Waals surface area (Å²) in [6.07, 6.45) is 1.86. The predicted molar refractivity (Wildman–Crippen MR) is 70.0 cm³/mol. The van der Waals surface area contributed by atoms with Crippen LogP contribution in [-0.4, -0.2) is 21.9 Å². The Morgan fingerprint density at radius 2 is 2.32 bits per heavy atom. The van der Waals surface area contributed by atoms with E-state index < -0.39 is 6.10 Å². The Morgan fingerprint density at radius 3 is 3.05 bits per heavy atom. The first-order valence-electron chi connectivity index (χ1n) is 6.31. The lowest BCUT2D eigenvalue weighted by Crippen LogP contribution is -2.30. The molecular weight excluding hydrogens is 244 g/mol. The van der Waals surface area contributed by atoms with E-state index in [4.69, 9.17) is 4.52 Å². The van der Waals surface area contributed by atoms with Crippen molar-refractivity contribution in [2.45, 2.75) is 26.0 Å². The van der Waals surface area contributed by atoms with Crippen LogP contribution in [0.5, 0.6) is 5.75 Å². The normalized spacial score (nSPS) is 18.4.